The fraction of sp³-hybridized carbons (Fsp3) is 0.450. The third kappa shape index (κ3) is 6.30. The summed E-state index contributed by atoms with van der Waals surface area (Å²) in [6.07, 6.45) is 3.81. The molecule has 6 nitrogen and oxygen atoms in total. The van der Waals surface area contributed by atoms with E-state index in [0.717, 1.165) is 43.7 Å². The summed E-state index contributed by atoms with van der Waals surface area (Å²) < 4.78 is 32.7. The van der Waals surface area contributed by atoms with Gasteiger partial charge in [-0.1, -0.05) is 18.2 Å². The molecule has 27 heavy (non-hydrogen) atoms. The van der Waals surface area contributed by atoms with Crippen LogP contribution < -0.4 is 9.46 Å². The minimum absolute atomic E-state index is 0.0251. The quantitative estimate of drug-likeness (QED) is 0.751. The molecule has 1 fully saturated rings. The van der Waals surface area contributed by atoms with E-state index in [1.807, 2.05) is 30.5 Å². The molecule has 7 heteroatoms. The lowest BCUT2D eigenvalue weighted by Gasteiger charge is -2.31. The average molecular weight is 390 g/mol. The molecule has 0 saturated carbocycles. The van der Waals surface area contributed by atoms with Crippen molar-refractivity contribution in [2.45, 2.75) is 25.1 Å². The van der Waals surface area contributed by atoms with Crippen LogP contribution >= 0.6 is 0 Å². The zero-order valence-electron chi connectivity index (χ0n) is 15.7. The van der Waals surface area contributed by atoms with Gasteiger partial charge in [-0.05, 0) is 61.7 Å². The van der Waals surface area contributed by atoms with Crippen molar-refractivity contribution >= 4 is 10.0 Å². The highest BCUT2D eigenvalue weighted by Gasteiger charge is 2.21. The molecule has 2 aromatic rings. The van der Waals surface area contributed by atoms with Crippen molar-refractivity contribution in [3.63, 3.8) is 0 Å². The number of hydrogen-bond donors (Lipinski definition) is 1. The molecular formula is C20H27N3O3S. The topological polar surface area (TPSA) is 71.5 Å². The Hall–Kier alpha value is -1.96. The molecule has 0 amide bonds. The number of likely N-dealkylation sites (tertiary alicyclic amines) is 1. The summed E-state index contributed by atoms with van der Waals surface area (Å²) in [6, 6.07) is 13.1. The predicted octanol–water partition coefficient (Wildman–Crippen LogP) is 2.42. The van der Waals surface area contributed by atoms with E-state index in [9.17, 15) is 8.42 Å². The van der Waals surface area contributed by atoms with Crippen LogP contribution in [0.25, 0.3) is 0 Å². The number of nitrogens with zero attached hydrogens (tertiary/aromatic N) is 2. The number of piperidine rings is 1. The molecule has 0 unspecified atom stereocenters. The molecule has 0 aliphatic carbocycles. The lowest BCUT2D eigenvalue weighted by Crippen LogP contribution is -2.38. The molecule has 146 valence electrons. The van der Waals surface area contributed by atoms with Crippen LogP contribution in [0.15, 0.2) is 48.7 Å². The smallest absolute Gasteiger partial charge is 0.215 e. The second-order valence-electron chi connectivity index (χ2n) is 7.00. The van der Waals surface area contributed by atoms with Gasteiger partial charge in [-0.3, -0.25) is 9.88 Å². The Morgan fingerprint density at radius 1 is 1.19 bits per heavy atom. The van der Waals surface area contributed by atoms with Crippen LogP contribution in [-0.2, 0) is 22.3 Å². The lowest BCUT2D eigenvalue weighted by molar-refractivity contribution is 0.177. The standard InChI is InChI=1S/C20H27N3O3S/c1-26-20-7-4-5-18(13-20)16-27(24,25)22-14-17-8-11-23(12-9-17)15-19-6-2-3-10-21-19/h2-7,10,13,17,22H,8-9,11-12,14-16H2,1H3. The van der Waals surface area contributed by atoms with E-state index in [2.05, 4.69) is 14.6 Å². The molecular weight excluding hydrogens is 362 g/mol. The molecule has 0 bridgehead atoms. The minimum atomic E-state index is -3.35. The van der Waals surface area contributed by atoms with Crippen molar-refractivity contribution in [3.8, 4) is 5.75 Å². The van der Waals surface area contributed by atoms with Gasteiger partial charge >= 0.3 is 0 Å². The molecule has 1 aromatic heterocycles. The number of methoxy groups -OCH3 is 1. The predicted molar refractivity (Wildman–Crippen MR) is 106 cm³/mol. The second-order valence-corrected chi connectivity index (χ2v) is 8.81. The van der Waals surface area contributed by atoms with Crippen molar-refractivity contribution in [1.29, 1.82) is 0 Å². The van der Waals surface area contributed by atoms with Crippen molar-refractivity contribution in [2.75, 3.05) is 26.7 Å². The average Bonchev–Trinajstić information content (AvgIpc) is 2.68. The Morgan fingerprint density at radius 2 is 2.00 bits per heavy atom. The third-order valence-electron chi connectivity index (χ3n) is 4.90. The Kier molecular flexibility index (Phi) is 6.82. The summed E-state index contributed by atoms with van der Waals surface area (Å²) in [5.74, 6) is 1.02. The molecule has 0 spiro atoms. The summed E-state index contributed by atoms with van der Waals surface area (Å²) in [5.41, 5.74) is 1.81. The van der Waals surface area contributed by atoms with Gasteiger partial charge in [0.15, 0.2) is 0 Å². The lowest BCUT2D eigenvalue weighted by atomic mass is 9.97. The maximum Gasteiger partial charge on any atom is 0.215 e. The number of nitrogens with one attached hydrogen (secondary N) is 1. The number of hydrogen-bond acceptors (Lipinski definition) is 5. The van der Waals surface area contributed by atoms with E-state index in [1.54, 1.807) is 25.3 Å². The highest BCUT2D eigenvalue weighted by atomic mass is 32.2. The van der Waals surface area contributed by atoms with E-state index in [1.165, 1.54) is 0 Å². The zero-order chi connectivity index (χ0) is 19.1. The Morgan fingerprint density at radius 3 is 2.70 bits per heavy atom. The van der Waals surface area contributed by atoms with Crippen molar-refractivity contribution < 1.29 is 13.2 Å². The van der Waals surface area contributed by atoms with E-state index in [0.29, 0.717) is 18.2 Å². The molecule has 2 heterocycles. The summed E-state index contributed by atoms with van der Waals surface area (Å²) in [4.78, 5) is 6.75. The first kappa shape index (κ1) is 19.8. The van der Waals surface area contributed by atoms with Gasteiger partial charge in [-0.15, -0.1) is 0 Å². The SMILES string of the molecule is COc1cccc(CS(=O)(=O)NCC2CCN(Cc3ccccn3)CC2)c1. The number of aromatic nitrogens is 1. The van der Waals surface area contributed by atoms with E-state index in [-0.39, 0.29) is 5.75 Å². The Balaban J connectivity index is 1.43. The minimum Gasteiger partial charge on any atom is -0.497 e. The molecule has 1 N–H and O–H groups in total. The molecule has 0 atom stereocenters. The number of pyridine rings is 1. The first-order valence-corrected chi connectivity index (χ1v) is 10.9. The highest BCUT2D eigenvalue weighted by Crippen LogP contribution is 2.19. The van der Waals surface area contributed by atoms with Gasteiger partial charge in [-0.25, -0.2) is 13.1 Å². The second kappa shape index (κ2) is 9.30. The first-order valence-electron chi connectivity index (χ1n) is 9.26. The normalized spacial score (nSPS) is 16.3. The van der Waals surface area contributed by atoms with Crippen LogP contribution in [0.4, 0.5) is 0 Å². The van der Waals surface area contributed by atoms with Crippen LogP contribution in [0.2, 0.25) is 0 Å². The van der Waals surface area contributed by atoms with Gasteiger partial charge in [0.2, 0.25) is 10.0 Å². The van der Waals surface area contributed by atoms with Crippen LogP contribution in [0.1, 0.15) is 24.1 Å². The van der Waals surface area contributed by atoms with Gasteiger partial charge in [0.25, 0.3) is 0 Å². The maximum atomic E-state index is 12.4. The van der Waals surface area contributed by atoms with Gasteiger partial charge in [0.1, 0.15) is 5.75 Å². The number of ether oxygens (including phenoxy) is 1. The molecule has 1 aliphatic rings. The van der Waals surface area contributed by atoms with Gasteiger partial charge in [0, 0.05) is 19.3 Å². The monoisotopic (exact) mass is 389 g/mol. The summed E-state index contributed by atoms with van der Waals surface area (Å²) >= 11 is 0. The first-order chi connectivity index (χ1) is 13.0. The van der Waals surface area contributed by atoms with Gasteiger partial charge < -0.3 is 4.74 Å². The zero-order valence-corrected chi connectivity index (χ0v) is 16.5. The van der Waals surface area contributed by atoms with Crippen LogP contribution in [-0.4, -0.2) is 45.0 Å². The Labute approximate surface area is 161 Å². The van der Waals surface area contributed by atoms with E-state index < -0.39 is 10.0 Å². The van der Waals surface area contributed by atoms with Gasteiger partial charge in [0.05, 0.1) is 18.6 Å². The van der Waals surface area contributed by atoms with Crippen LogP contribution in [0, 0.1) is 5.92 Å². The summed E-state index contributed by atoms with van der Waals surface area (Å²) in [7, 11) is -1.77. The fourth-order valence-corrected chi connectivity index (χ4v) is 4.56. The van der Waals surface area contributed by atoms with Crippen LogP contribution in [0.3, 0.4) is 0 Å². The largest absolute Gasteiger partial charge is 0.497 e. The van der Waals surface area contributed by atoms with E-state index >= 15 is 0 Å². The molecule has 1 saturated heterocycles. The van der Waals surface area contributed by atoms with Crippen molar-refractivity contribution in [1.82, 2.24) is 14.6 Å². The van der Waals surface area contributed by atoms with Crippen molar-refractivity contribution in [2.24, 2.45) is 5.92 Å². The maximum absolute atomic E-state index is 12.4. The number of sulfonamides is 1. The van der Waals surface area contributed by atoms with E-state index in [4.69, 9.17) is 4.74 Å². The fourth-order valence-electron chi connectivity index (χ4n) is 3.35. The van der Waals surface area contributed by atoms with Crippen LogP contribution in [0.5, 0.6) is 5.75 Å². The van der Waals surface area contributed by atoms with Crippen molar-refractivity contribution in [3.05, 3.63) is 59.9 Å². The summed E-state index contributed by atoms with van der Waals surface area (Å²) in [6.45, 7) is 3.30. The molecule has 3 rings (SSSR count). The number of rotatable bonds is 8. The highest BCUT2D eigenvalue weighted by molar-refractivity contribution is 7.88. The number of benzene rings is 1. The molecule has 1 aromatic carbocycles. The van der Waals surface area contributed by atoms with Gasteiger partial charge in [-0.2, -0.15) is 0 Å². The Bertz CT molecular complexity index is 819. The third-order valence-corrected chi connectivity index (χ3v) is 6.22. The molecule has 1 aliphatic heterocycles. The summed E-state index contributed by atoms with van der Waals surface area (Å²) in [5, 5.41) is 0. The molecule has 0 radical (unpaired) electrons.